The van der Waals surface area contributed by atoms with Crippen LogP contribution in [-0.2, 0) is 11.3 Å². The van der Waals surface area contributed by atoms with Gasteiger partial charge < -0.3 is 19.4 Å². The van der Waals surface area contributed by atoms with Crippen molar-refractivity contribution in [1.82, 2.24) is 14.9 Å². The van der Waals surface area contributed by atoms with Gasteiger partial charge in [0, 0.05) is 41.8 Å². The predicted molar refractivity (Wildman–Crippen MR) is 198 cm³/mol. The first-order chi connectivity index (χ1) is 25.8. The van der Waals surface area contributed by atoms with E-state index in [9.17, 15) is 31.1 Å². The molecule has 0 fully saturated rings. The molecule has 54 heavy (non-hydrogen) atoms. The second-order valence-electron chi connectivity index (χ2n) is 13.4. The number of nitrogens with one attached hydrogen (secondary N) is 1. The van der Waals surface area contributed by atoms with E-state index in [0.717, 1.165) is 30.9 Å². The molecule has 1 aromatic heterocycles. The Morgan fingerprint density at radius 1 is 0.815 bits per heavy atom. The number of unbranched alkanes of at least 4 members (excludes halogenated alkanes) is 6. The average Bonchev–Trinajstić information content (AvgIpc) is 3.54. The van der Waals surface area contributed by atoms with Crippen molar-refractivity contribution in [2.24, 2.45) is 0 Å². The van der Waals surface area contributed by atoms with Crippen molar-refractivity contribution in [2.75, 3.05) is 20.8 Å². The SMILES string of the molecule is CCCCCCCCCNC(=O)c1ccc(Cn2c(=C3C=C(C(F)(F)F)C=C(C(F)(F)F)C3)nc(-c3ccc(OC)cc3)c2=C2C=CC(OC)=CC2)cc1. The van der Waals surface area contributed by atoms with Gasteiger partial charge >= 0.3 is 12.4 Å². The summed E-state index contributed by atoms with van der Waals surface area (Å²) in [5, 5.41) is 3.48. The number of imidazole rings is 1. The van der Waals surface area contributed by atoms with E-state index in [1.807, 2.05) is 12.2 Å². The van der Waals surface area contributed by atoms with Crippen LogP contribution < -0.4 is 20.9 Å². The van der Waals surface area contributed by atoms with Crippen LogP contribution >= 0.6 is 0 Å². The van der Waals surface area contributed by atoms with Gasteiger partial charge in [0.25, 0.3) is 5.91 Å². The van der Waals surface area contributed by atoms with Crippen LogP contribution in [0.3, 0.4) is 0 Å². The molecule has 2 aliphatic carbocycles. The Labute approximate surface area is 311 Å². The molecule has 0 radical (unpaired) electrons. The molecule has 0 atom stereocenters. The fourth-order valence-corrected chi connectivity index (χ4v) is 6.53. The molecule has 0 saturated carbocycles. The fraction of sp³-hybridized carbons (Fsp3) is 0.381. The largest absolute Gasteiger partial charge is 0.497 e. The lowest BCUT2D eigenvalue weighted by Gasteiger charge is -2.20. The van der Waals surface area contributed by atoms with E-state index >= 15 is 0 Å². The number of carbonyl (C=O) groups excluding carboxylic acids is 1. The number of nitrogens with zero attached hydrogens (tertiary/aromatic N) is 2. The first kappa shape index (κ1) is 40.2. The number of hydrogen-bond donors (Lipinski definition) is 1. The van der Waals surface area contributed by atoms with Gasteiger partial charge in [-0.05, 0) is 84.7 Å². The molecule has 1 heterocycles. The molecule has 0 unspecified atom stereocenters. The number of rotatable bonds is 14. The minimum Gasteiger partial charge on any atom is -0.497 e. The highest BCUT2D eigenvalue weighted by molar-refractivity contribution is 5.94. The number of allylic oxidation sites excluding steroid dienone is 7. The Balaban J connectivity index is 1.60. The normalized spacial score (nSPS) is 16.8. The van der Waals surface area contributed by atoms with Crippen molar-refractivity contribution in [3.05, 3.63) is 118 Å². The number of carbonyl (C=O) groups is 1. The molecule has 2 aromatic carbocycles. The van der Waals surface area contributed by atoms with Gasteiger partial charge in [0.15, 0.2) is 0 Å². The lowest BCUT2D eigenvalue weighted by atomic mass is 9.94. The van der Waals surface area contributed by atoms with Gasteiger partial charge in [-0.1, -0.05) is 63.7 Å². The van der Waals surface area contributed by atoms with Crippen LogP contribution in [0.2, 0.25) is 0 Å². The van der Waals surface area contributed by atoms with Crippen LogP contribution in [0.5, 0.6) is 5.75 Å². The highest BCUT2D eigenvalue weighted by atomic mass is 19.4. The summed E-state index contributed by atoms with van der Waals surface area (Å²) < 4.78 is 97.0. The molecule has 0 bridgehead atoms. The van der Waals surface area contributed by atoms with Crippen LogP contribution in [0.1, 0.15) is 80.6 Å². The lowest BCUT2D eigenvalue weighted by Crippen LogP contribution is -2.32. The van der Waals surface area contributed by atoms with E-state index in [4.69, 9.17) is 14.5 Å². The number of ether oxygens (including phenoxy) is 2. The first-order valence-corrected chi connectivity index (χ1v) is 18.2. The molecule has 12 heteroatoms. The maximum Gasteiger partial charge on any atom is 0.416 e. The van der Waals surface area contributed by atoms with Gasteiger partial charge in [-0.2, -0.15) is 26.3 Å². The van der Waals surface area contributed by atoms with Gasteiger partial charge in [-0.3, -0.25) is 4.79 Å². The van der Waals surface area contributed by atoms with E-state index in [1.165, 1.54) is 39.9 Å². The van der Waals surface area contributed by atoms with E-state index in [2.05, 4.69) is 12.2 Å². The maximum atomic E-state index is 14.1. The first-order valence-electron chi connectivity index (χ1n) is 18.2. The number of halogens is 6. The van der Waals surface area contributed by atoms with E-state index in [1.54, 1.807) is 59.2 Å². The van der Waals surface area contributed by atoms with Crippen molar-refractivity contribution in [3.63, 3.8) is 0 Å². The number of amides is 1. The van der Waals surface area contributed by atoms with Gasteiger partial charge in [0.1, 0.15) is 17.0 Å². The third-order valence-electron chi connectivity index (χ3n) is 9.48. The average molecular weight is 754 g/mol. The van der Waals surface area contributed by atoms with Crippen molar-refractivity contribution in [3.8, 4) is 17.0 Å². The molecule has 6 nitrogen and oxygen atoms in total. The summed E-state index contributed by atoms with van der Waals surface area (Å²) in [6.07, 6.45) is 3.69. The van der Waals surface area contributed by atoms with Crippen molar-refractivity contribution in [2.45, 2.75) is 83.6 Å². The molecular weight excluding hydrogens is 708 g/mol. The topological polar surface area (TPSA) is 65.4 Å². The summed E-state index contributed by atoms with van der Waals surface area (Å²) in [6.45, 7) is 2.77. The maximum absolute atomic E-state index is 14.1. The smallest absolute Gasteiger partial charge is 0.416 e. The Hall–Kier alpha value is -5.00. The van der Waals surface area contributed by atoms with E-state index in [0.29, 0.717) is 52.2 Å². The minimum absolute atomic E-state index is 0.0358. The minimum atomic E-state index is -5.03. The van der Waals surface area contributed by atoms with Crippen molar-refractivity contribution < 1.29 is 40.6 Å². The third-order valence-corrected chi connectivity index (χ3v) is 9.48. The number of aromatic nitrogens is 2. The number of alkyl halides is 6. The zero-order valence-electron chi connectivity index (χ0n) is 30.7. The summed E-state index contributed by atoms with van der Waals surface area (Å²) in [5.41, 5.74) is -0.208. The predicted octanol–water partition coefficient (Wildman–Crippen LogP) is 9.26. The van der Waals surface area contributed by atoms with Gasteiger partial charge in [0.05, 0.1) is 30.8 Å². The summed E-state index contributed by atoms with van der Waals surface area (Å²) in [6, 6.07) is 13.7. The highest BCUT2D eigenvalue weighted by Crippen LogP contribution is 2.40. The zero-order valence-corrected chi connectivity index (χ0v) is 30.7. The Morgan fingerprint density at radius 2 is 1.50 bits per heavy atom. The van der Waals surface area contributed by atoms with Gasteiger partial charge in [-0.25, -0.2) is 4.98 Å². The standard InChI is InChI=1S/C42H45F6N3O3/c1-4-5-6-7-8-9-10-23-49-40(52)31-13-11-28(12-14-31)27-51-38(30-17-21-36(54-3)22-18-30)37(29-15-19-35(53-2)20-16-29)50-39(51)32-24-33(41(43,44)45)26-34(25-32)42(46,47)48/h11-17,19-22,24,26H,4-10,18,23,25,27H2,1-3H3,(H,49,52). The summed E-state index contributed by atoms with van der Waals surface area (Å²) in [7, 11) is 3.04. The second kappa shape index (κ2) is 17.9. The summed E-state index contributed by atoms with van der Waals surface area (Å²) in [4.78, 5) is 17.8. The second-order valence-corrected chi connectivity index (χ2v) is 13.4. The molecular formula is C42H45F6N3O3. The van der Waals surface area contributed by atoms with Gasteiger partial charge in [0.2, 0.25) is 0 Å². The number of methoxy groups -OCH3 is 2. The van der Waals surface area contributed by atoms with Crippen LogP contribution in [-0.4, -0.2) is 48.6 Å². The molecule has 288 valence electrons. The molecule has 2 aliphatic rings. The van der Waals surface area contributed by atoms with Crippen molar-refractivity contribution >= 4 is 17.1 Å². The van der Waals surface area contributed by atoms with Crippen molar-refractivity contribution in [1.29, 1.82) is 0 Å². The van der Waals surface area contributed by atoms with Crippen LogP contribution in [0, 0.1) is 0 Å². The lowest BCUT2D eigenvalue weighted by molar-refractivity contribution is -0.0971. The van der Waals surface area contributed by atoms with Crippen LogP contribution in [0.25, 0.3) is 22.4 Å². The Morgan fingerprint density at radius 3 is 2.09 bits per heavy atom. The molecule has 1 amide bonds. The van der Waals surface area contributed by atoms with Crippen LogP contribution in [0.15, 0.2) is 95.8 Å². The fourth-order valence-electron chi connectivity index (χ4n) is 6.53. The summed E-state index contributed by atoms with van der Waals surface area (Å²) in [5.74, 6) is 0.941. The molecule has 0 spiro atoms. The monoisotopic (exact) mass is 753 g/mol. The zero-order chi connectivity index (χ0) is 38.9. The van der Waals surface area contributed by atoms with Gasteiger partial charge in [-0.15, -0.1) is 0 Å². The number of benzene rings is 2. The van der Waals surface area contributed by atoms with Crippen LogP contribution in [0.4, 0.5) is 26.3 Å². The highest BCUT2D eigenvalue weighted by Gasteiger charge is 2.41. The molecule has 0 aliphatic heterocycles. The molecule has 5 rings (SSSR count). The molecule has 0 saturated heterocycles. The Bertz CT molecular complexity index is 2030. The third kappa shape index (κ3) is 10.1. The summed E-state index contributed by atoms with van der Waals surface area (Å²) >= 11 is 0. The molecule has 1 N–H and O–H groups in total. The van der Waals surface area contributed by atoms with E-state index in [-0.39, 0.29) is 29.6 Å². The quantitative estimate of drug-likeness (QED) is 0.132. The number of hydrogen-bond acceptors (Lipinski definition) is 4. The Kier molecular flexibility index (Phi) is 13.3. The van der Waals surface area contributed by atoms with E-state index < -0.39 is 29.9 Å². The molecule has 3 aromatic rings.